The molecule has 3 rings (SSSR count). The molecule has 0 saturated heterocycles. The van der Waals surface area contributed by atoms with E-state index in [2.05, 4.69) is 4.98 Å². The van der Waals surface area contributed by atoms with Crippen molar-refractivity contribution in [2.45, 2.75) is 13.3 Å². The Bertz CT molecular complexity index is 982. The summed E-state index contributed by atoms with van der Waals surface area (Å²) in [4.78, 5) is 4.49. The predicted octanol–water partition coefficient (Wildman–Crippen LogP) is 6.02. The summed E-state index contributed by atoms with van der Waals surface area (Å²) in [7, 11) is 1.32. The van der Waals surface area contributed by atoms with Crippen LogP contribution in [0.2, 0.25) is 5.02 Å². The lowest BCUT2D eigenvalue weighted by molar-refractivity contribution is 0.335. The van der Waals surface area contributed by atoms with Crippen molar-refractivity contribution >= 4 is 51.6 Å². The maximum Gasteiger partial charge on any atom is 0.440 e. The highest BCUT2D eigenvalue weighted by molar-refractivity contribution is 8.55. The highest BCUT2D eigenvalue weighted by Gasteiger charge is 2.28. The van der Waals surface area contributed by atoms with E-state index in [4.69, 9.17) is 20.6 Å². The molecule has 0 aliphatic heterocycles. The van der Waals surface area contributed by atoms with Gasteiger partial charge < -0.3 is 9.63 Å². The van der Waals surface area contributed by atoms with E-state index in [9.17, 15) is 9.67 Å². The molecule has 3 aromatic rings. The molecule has 1 N–H and O–H groups in total. The van der Waals surface area contributed by atoms with E-state index in [1.54, 1.807) is 6.07 Å². The van der Waals surface area contributed by atoms with Gasteiger partial charge in [-0.2, -0.15) is 0 Å². The minimum absolute atomic E-state index is 0.0170. The summed E-state index contributed by atoms with van der Waals surface area (Å²) in [5.41, 5.74) is 1.23. The summed E-state index contributed by atoms with van der Waals surface area (Å²) in [6.45, 7) is -1.47. The average Bonchev–Trinajstić information content (AvgIpc) is 2.63. The van der Waals surface area contributed by atoms with E-state index in [-0.39, 0.29) is 11.5 Å². The van der Waals surface area contributed by atoms with Gasteiger partial charge in [0.25, 0.3) is 0 Å². The van der Waals surface area contributed by atoms with E-state index in [1.165, 1.54) is 13.2 Å². The zero-order chi connectivity index (χ0) is 18.0. The Morgan fingerprint density at radius 1 is 1.32 bits per heavy atom. The fourth-order valence-electron chi connectivity index (χ4n) is 2.37. The molecule has 1 atom stereocenters. The molecular formula is C17H17ClNO4PS. The molecule has 8 heteroatoms. The minimum atomic E-state index is -3.43. The number of phenolic OH excluding ortho intramolecular Hbond substituents is 1. The molecule has 1 aromatic heterocycles. The van der Waals surface area contributed by atoms with Crippen molar-refractivity contribution in [2.75, 3.05) is 12.9 Å². The summed E-state index contributed by atoms with van der Waals surface area (Å²) in [5.74, 6) is 0.467. The van der Waals surface area contributed by atoms with E-state index in [0.29, 0.717) is 21.7 Å². The van der Waals surface area contributed by atoms with Gasteiger partial charge in [-0.1, -0.05) is 36.7 Å². The number of hydrogen-bond donors (Lipinski definition) is 1. The number of rotatable bonds is 6. The van der Waals surface area contributed by atoms with Crippen molar-refractivity contribution in [1.29, 1.82) is 0 Å². The molecule has 0 spiro atoms. The first kappa shape index (κ1) is 18.3. The number of aromatic hydroxyl groups is 1. The molecule has 2 aromatic carbocycles. The van der Waals surface area contributed by atoms with E-state index in [0.717, 1.165) is 28.7 Å². The summed E-state index contributed by atoms with van der Waals surface area (Å²) in [6.07, 6.45) is 0.821. The number of para-hydroxylation sites is 1. The number of halogens is 1. The van der Waals surface area contributed by atoms with Gasteiger partial charge in [0.05, 0.1) is 16.1 Å². The SMILES string of the molecule is CCCSP(=O)(OC)Oc1cc(Cl)c2nc3ccccc3cc2c1O. The number of phenols is 1. The van der Waals surface area contributed by atoms with Gasteiger partial charge in [0.15, 0.2) is 11.5 Å². The van der Waals surface area contributed by atoms with Gasteiger partial charge in [-0.25, -0.2) is 9.55 Å². The zero-order valence-electron chi connectivity index (χ0n) is 13.7. The van der Waals surface area contributed by atoms with Gasteiger partial charge in [-0.15, -0.1) is 0 Å². The van der Waals surface area contributed by atoms with Crippen LogP contribution in [0.5, 0.6) is 11.5 Å². The quantitative estimate of drug-likeness (QED) is 0.405. The van der Waals surface area contributed by atoms with Crippen LogP contribution in [-0.4, -0.2) is 23.0 Å². The maximum atomic E-state index is 12.7. The van der Waals surface area contributed by atoms with Crippen LogP contribution in [0.15, 0.2) is 36.4 Å². The normalized spacial score (nSPS) is 13.9. The Morgan fingerprint density at radius 3 is 2.80 bits per heavy atom. The maximum absolute atomic E-state index is 12.7. The van der Waals surface area contributed by atoms with E-state index < -0.39 is 6.80 Å². The smallest absolute Gasteiger partial charge is 0.440 e. The molecule has 0 amide bonds. The lowest BCUT2D eigenvalue weighted by atomic mass is 10.1. The van der Waals surface area contributed by atoms with Crippen molar-refractivity contribution in [2.24, 2.45) is 0 Å². The summed E-state index contributed by atoms with van der Waals surface area (Å²) in [6, 6.07) is 10.7. The largest absolute Gasteiger partial charge is 0.504 e. The average molecular weight is 398 g/mol. The molecule has 0 bridgehead atoms. The second-order valence-corrected chi connectivity index (χ2v) is 9.97. The van der Waals surface area contributed by atoms with E-state index >= 15 is 0 Å². The first-order valence-electron chi connectivity index (χ1n) is 7.68. The highest BCUT2D eigenvalue weighted by Crippen LogP contribution is 2.61. The third kappa shape index (κ3) is 3.72. The van der Waals surface area contributed by atoms with Crippen LogP contribution in [-0.2, 0) is 9.09 Å². The van der Waals surface area contributed by atoms with Crippen LogP contribution >= 0.6 is 29.8 Å². The van der Waals surface area contributed by atoms with Crippen molar-refractivity contribution in [3.8, 4) is 11.5 Å². The van der Waals surface area contributed by atoms with Gasteiger partial charge in [-0.3, -0.25) is 4.52 Å². The van der Waals surface area contributed by atoms with Gasteiger partial charge in [0.2, 0.25) is 0 Å². The van der Waals surface area contributed by atoms with Gasteiger partial charge in [0.1, 0.15) is 0 Å². The summed E-state index contributed by atoms with van der Waals surface area (Å²) >= 11 is 7.40. The summed E-state index contributed by atoms with van der Waals surface area (Å²) < 4.78 is 23.2. The second-order valence-electron chi connectivity index (χ2n) is 5.34. The minimum Gasteiger partial charge on any atom is -0.504 e. The van der Waals surface area contributed by atoms with Gasteiger partial charge in [0, 0.05) is 29.7 Å². The molecule has 1 unspecified atom stereocenters. The van der Waals surface area contributed by atoms with E-state index in [1.807, 2.05) is 31.2 Å². The van der Waals surface area contributed by atoms with Crippen LogP contribution in [0.3, 0.4) is 0 Å². The fourth-order valence-corrected chi connectivity index (χ4v) is 5.57. The van der Waals surface area contributed by atoms with Crippen LogP contribution in [0.4, 0.5) is 0 Å². The Morgan fingerprint density at radius 2 is 2.08 bits per heavy atom. The van der Waals surface area contributed by atoms with Gasteiger partial charge >= 0.3 is 6.80 Å². The first-order valence-corrected chi connectivity index (χ1v) is 11.2. The van der Waals surface area contributed by atoms with Crippen molar-refractivity contribution in [3.63, 3.8) is 0 Å². The molecule has 132 valence electrons. The van der Waals surface area contributed by atoms with Gasteiger partial charge in [-0.05, 0) is 29.9 Å². The topological polar surface area (TPSA) is 68.7 Å². The molecule has 0 saturated carbocycles. The molecule has 0 radical (unpaired) electrons. The Kier molecular flexibility index (Phi) is 5.44. The zero-order valence-corrected chi connectivity index (χ0v) is 16.2. The molecule has 0 aliphatic rings. The van der Waals surface area contributed by atoms with Crippen molar-refractivity contribution in [3.05, 3.63) is 41.4 Å². The predicted molar refractivity (Wildman–Crippen MR) is 104 cm³/mol. The molecule has 25 heavy (non-hydrogen) atoms. The molecule has 0 fully saturated rings. The van der Waals surface area contributed by atoms with Crippen molar-refractivity contribution in [1.82, 2.24) is 4.98 Å². The number of aromatic nitrogens is 1. The Balaban J connectivity index is 2.12. The third-order valence-electron chi connectivity index (χ3n) is 3.58. The van der Waals surface area contributed by atoms with Crippen LogP contribution < -0.4 is 4.52 Å². The standard InChI is InChI=1S/C17H17ClNO4PS/c1-3-8-25-24(21,22-2)23-15-10-13(18)16-12(17(15)20)9-11-6-4-5-7-14(11)19-16/h4-7,9-10,20H,3,8H2,1-2H3. The van der Waals surface area contributed by atoms with Crippen LogP contribution in [0.1, 0.15) is 13.3 Å². The number of benzene rings is 2. The number of hydrogen-bond acceptors (Lipinski definition) is 6. The Hall–Kier alpha value is -1.46. The number of nitrogens with zero attached hydrogens (tertiary/aromatic N) is 1. The number of pyridine rings is 1. The first-order chi connectivity index (χ1) is 12.0. The number of fused-ring (bicyclic) bond motifs is 2. The summed E-state index contributed by atoms with van der Waals surface area (Å²) in [5, 5.41) is 12.2. The van der Waals surface area contributed by atoms with Crippen LogP contribution in [0, 0.1) is 0 Å². The fraction of sp³-hybridized carbons (Fsp3) is 0.235. The molecular weight excluding hydrogens is 381 g/mol. The monoisotopic (exact) mass is 397 g/mol. The Labute approximate surface area is 154 Å². The molecule has 1 heterocycles. The molecule has 5 nitrogen and oxygen atoms in total. The second kappa shape index (κ2) is 7.42. The third-order valence-corrected chi connectivity index (χ3v) is 7.81. The lowest BCUT2D eigenvalue weighted by Crippen LogP contribution is -1.95. The lowest BCUT2D eigenvalue weighted by Gasteiger charge is -2.18. The van der Waals surface area contributed by atoms with Crippen LogP contribution in [0.25, 0.3) is 21.8 Å². The molecule has 0 aliphatic carbocycles. The highest BCUT2D eigenvalue weighted by atomic mass is 35.5. The van der Waals surface area contributed by atoms with Crippen molar-refractivity contribution < 1.29 is 18.7 Å².